The summed E-state index contributed by atoms with van der Waals surface area (Å²) in [6.07, 6.45) is 1.79. The Morgan fingerprint density at radius 1 is 1.10 bits per heavy atom. The van der Waals surface area contributed by atoms with E-state index in [2.05, 4.69) is 5.32 Å². The Morgan fingerprint density at radius 2 is 1.71 bits per heavy atom. The first-order valence-corrected chi connectivity index (χ1v) is 7.27. The average molecular weight is 280 g/mol. The van der Waals surface area contributed by atoms with Gasteiger partial charge >= 0.3 is 0 Å². The van der Waals surface area contributed by atoms with Gasteiger partial charge in [-0.05, 0) is 55.5 Å². The molecule has 0 bridgehead atoms. The molecule has 3 N–H and O–H groups in total. The van der Waals surface area contributed by atoms with Crippen LogP contribution in [0, 0.1) is 13.8 Å². The Morgan fingerprint density at radius 3 is 2.33 bits per heavy atom. The Kier molecular flexibility index (Phi) is 3.20. The molecule has 0 saturated heterocycles. The predicted octanol–water partition coefficient (Wildman–Crippen LogP) is 3.56. The fourth-order valence-electron chi connectivity index (χ4n) is 2.72. The van der Waals surface area contributed by atoms with Gasteiger partial charge in [0.2, 0.25) is 5.91 Å². The molecule has 21 heavy (non-hydrogen) atoms. The van der Waals surface area contributed by atoms with Crippen molar-refractivity contribution in [1.29, 1.82) is 0 Å². The second kappa shape index (κ2) is 4.92. The lowest BCUT2D eigenvalue weighted by atomic mass is 9.95. The highest BCUT2D eigenvalue weighted by atomic mass is 16.2. The molecule has 1 aliphatic carbocycles. The molecule has 2 aromatic carbocycles. The van der Waals surface area contributed by atoms with Crippen LogP contribution in [0.3, 0.4) is 0 Å². The zero-order chi connectivity index (χ0) is 15.0. The van der Waals surface area contributed by atoms with Crippen LogP contribution in [0.1, 0.15) is 29.5 Å². The van der Waals surface area contributed by atoms with Gasteiger partial charge in [-0.25, -0.2) is 0 Å². The fraction of sp³-hybridized carbons (Fsp3) is 0.278. The molecular weight excluding hydrogens is 260 g/mol. The third-order valence-corrected chi connectivity index (χ3v) is 4.43. The number of amides is 1. The Bertz CT molecular complexity index is 688. The Hall–Kier alpha value is -2.29. The number of benzene rings is 2. The van der Waals surface area contributed by atoms with E-state index in [1.807, 2.05) is 56.3 Å². The first kappa shape index (κ1) is 13.7. The minimum atomic E-state index is -0.369. The molecule has 0 unspecified atom stereocenters. The van der Waals surface area contributed by atoms with E-state index in [0.717, 1.165) is 29.5 Å². The molecule has 0 atom stereocenters. The van der Waals surface area contributed by atoms with Crippen LogP contribution in [-0.4, -0.2) is 5.91 Å². The molecule has 108 valence electrons. The zero-order valence-electron chi connectivity index (χ0n) is 12.4. The molecule has 1 saturated carbocycles. The van der Waals surface area contributed by atoms with Gasteiger partial charge in [0.1, 0.15) is 0 Å². The van der Waals surface area contributed by atoms with Crippen LogP contribution >= 0.6 is 0 Å². The Balaban J connectivity index is 1.86. The quantitative estimate of drug-likeness (QED) is 0.845. The first-order chi connectivity index (χ1) is 10.0. The second-order valence-electron chi connectivity index (χ2n) is 5.93. The van der Waals surface area contributed by atoms with E-state index in [9.17, 15) is 4.79 Å². The predicted molar refractivity (Wildman–Crippen MR) is 86.3 cm³/mol. The van der Waals surface area contributed by atoms with Crippen molar-refractivity contribution in [3.63, 3.8) is 0 Å². The summed E-state index contributed by atoms with van der Waals surface area (Å²) in [7, 11) is 0. The lowest BCUT2D eigenvalue weighted by Crippen LogP contribution is -2.28. The molecule has 0 radical (unpaired) electrons. The number of hydrogen-bond acceptors (Lipinski definition) is 2. The van der Waals surface area contributed by atoms with Crippen LogP contribution in [-0.2, 0) is 10.2 Å². The van der Waals surface area contributed by atoms with Gasteiger partial charge in [-0.3, -0.25) is 4.79 Å². The molecule has 3 rings (SSSR count). The van der Waals surface area contributed by atoms with E-state index in [1.54, 1.807) is 0 Å². The van der Waals surface area contributed by atoms with Crippen molar-refractivity contribution in [3.8, 4) is 0 Å². The van der Waals surface area contributed by atoms with Crippen molar-refractivity contribution in [2.75, 3.05) is 11.1 Å². The minimum absolute atomic E-state index is 0.0450. The lowest BCUT2D eigenvalue weighted by molar-refractivity contribution is -0.118. The van der Waals surface area contributed by atoms with Gasteiger partial charge < -0.3 is 11.1 Å². The summed E-state index contributed by atoms with van der Waals surface area (Å²) < 4.78 is 0. The summed E-state index contributed by atoms with van der Waals surface area (Å²) in [6, 6.07) is 13.8. The van der Waals surface area contributed by atoms with Crippen LogP contribution in [0.15, 0.2) is 42.5 Å². The summed E-state index contributed by atoms with van der Waals surface area (Å²) >= 11 is 0. The molecule has 3 nitrogen and oxygen atoms in total. The first-order valence-electron chi connectivity index (χ1n) is 7.27. The maximum Gasteiger partial charge on any atom is 0.235 e. The highest BCUT2D eigenvalue weighted by Crippen LogP contribution is 2.49. The smallest absolute Gasteiger partial charge is 0.235 e. The summed E-state index contributed by atoms with van der Waals surface area (Å²) in [6.45, 7) is 4.04. The zero-order valence-corrected chi connectivity index (χ0v) is 12.4. The molecule has 0 aromatic heterocycles. The van der Waals surface area contributed by atoms with E-state index in [1.165, 1.54) is 0 Å². The van der Waals surface area contributed by atoms with E-state index < -0.39 is 0 Å². The third-order valence-electron chi connectivity index (χ3n) is 4.43. The van der Waals surface area contributed by atoms with Crippen LogP contribution in [0.4, 0.5) is 11.4 Å². The van der Waals surface area contributed by atoms with Crippen LogP contribution in [0.2, 0.25) is 0 Å². The second-order valence-corrected chi connectivity index (χ2v) is 5.93. The highest BCUT2D eigenvalue weighted by molar-refractivity contribution is 6.03. The molecule has 0 spiro atoms. The number of carbonyl (C=O) groups is 1. The van der Waals surface area contributed by atoms with Gasteiger partial charge in [-0.15, -0.1) is 0 Å². The van der Waals surface area contributed by atoms with E-state index in [-0.39, 0.29) is 11.3 Å². The van der Waals surface area contributed by atoms with Gasteiger partial charge in [0.05, 0.1) is 16.8 Å². The summed E-state index contributed by atoms with van der Waals surface area (Å²) in [4.78, 5) is 12.7. The van der Waals surface area contributed by atoms with Gasteiger partial charge in [0, 0.05) is 0 Å². The van der Waals surface area contributed by atoms with Crippen molar-refractivity contribution in [3.05, 3.63) is 59.2 Å². The van der Waals surface area contributed by atoms with Crippen molar-refractivity contribution in [2.45, 2.75) is 32.1 Å². The van der Waals surface area contributed by atoms with Crippen molar-refractivity contribution in [1.82, 2.24) is 0 Å². The number of anilines is 2. The van der Waals surface area contributed by atoms with Crippen LogP contribution < -0.4 is 11.1 Å². The summed E-state index contributed by atoms with van der Waals surface area (Å²) in [5.74, 6) is 0.0450. The summed E-state index contributed by atoms with van der Waals surface area (Å²) in [5.41, 5.74) is 10.3. The highest BCUT2D eigenvalue weighted by Gasteiger charge is 2.51. The molecule has 1 fully saturated rings. The number of aryl methyl sites for hydroxylation is 2. The topological polar surface area (TPSA) is 55.1 Å². The van der Waals surface area contributed by atoms with E-state index in [0.29, 0.717) is 11.4 Å². The number of nitrogens with one attached hydrogen (secondary N) is 1. The van der Waals surface area contributed by atoms with Crippen LogP contribution in [0.5, 0.6) is 0 Å². The maximum absolute atomic E-state index is 12.7. The number of nitrogen functional groups attached to an aromatic ring is 1. The maximum atomic E-state index is 12.7. The van der Waals surface area contributed by atoms with E-state index in [4.69, 9.17) is 5.73 Å². The molecule has 0 aliphatic heterocycles. The molecular formula is C18H20N2O. The monoisotopic (exact) mass is 280 g/mol. The van der Waals surface area contributed by atoms with Crippen molar-refractivity contribution < 1.29 is 4.79 Å². The van der Waals surface area contributed by atoms with Gasteiger partial charge in [-0.1, -0.05) is 30.3 Å². The standard InChI is InChI=1S/C18H20N2O/c1-12-10-15(19)16(11-13(12)2)20-17(21)18(8-9-18)14-6-4-3-5-7-14/h3-7,10-11H,8-9,19H2,1-2H3,(H,20,21). The number of carbonyl (C=O) groups excluding carboxylic acids is 1. The molecule has 0 heterocycles. The SMILES string of the molecule is Cc1cc(N)c(NC(=O)C2(c3ccccc3)CC2)cc1C. The third kappa shape index (κ3) is 2.40. The fourth-order valence-corrected chi connectivity index (χ4v) is 2.72. The average Bonchev–Trinajstić information content (AvgIpc) is 3.27. The molecule has 3 heteroatoms. The number of hydrogen-bond donors (Lipinski definition) is 2. The van der Waals surface area contributed by atoms with Crippen molar-refractivity contribution >= 4 is 17.3 Å². The molecule has 1 amide bonds. The van der Waals surface area contributed by atoms with Gasteiger partial charge in [-0.2, -0.15) is 0 Å². The number of rotatable bonds is 3. The summed E-state index contributed by atoms with van der Waals surface area (Å²) in [5, 5.41) is 3.02. The Labute approximate surface area is 125 Å². The lowest BCUT2D eigenvalue weighted by Gasteiger charge is -2.17. The van der Waals surface area contributed by atoms with E-state index >= 15 is 0 Å². The van der Waals surface area contributed by atoms with Gasteiger partial charge in [0.15, 0.2) is 0 Å². The molecule has 2 aromatic rings. The largest absolute Gasteiger partial charge is 0.397 e. The number of nitrogens with two attached hydrogens (primary N) is 1. The van der Waals surface area contributed by atoms with Gasteiger partial charge in [0.25, 0.3) is 0 Å². The van der Waals surface area contributed by atoms with Crippen LogP contribution in [0.25, 0.3) is 0 Å². The molecule has 1 aliphatic rings. The normalized spacial score (nSPS) is 15.5. The van der Waals surface area contributed by atoms with Crippen molar-refractivity contribution in [2.24, 2.45) is 0 Å². The minimum Gasteiger partial charge on any atom is -0.397 e.